The first-order chi connectivity index (χ1) is 17.1. The number of methoxy groups -OCH3 is 1. The monoisotopic (exact) mass is 490 g/mol. The van der Waals surface area contributed by atoms with Gasteiger partial charge in [0.05, 0.1) is 41.5 Å². The second kappa shape index (κ2) is 8.68. The van der Waals surface area contributed by atoms with Crippen molar-refractivity contribution in [3.63, 3.8) is 0 Å². The lowest BCUT2D eigenvalue weighted by atomic mass is 9.77. The number of carbonyl (C=O) groups is 2. The average Bonchev–Trinajstić information content (AvgIpc) is 3.43. The van der Waals surface area contributed by atoms with Crippen LogP contribution >= 0.6 is 11.3 Å². The summed E-state index contributed by atoms with van der Waals surface area (Å²) in [5.74, 6) is 1.19. The molecule has 0 N–H and O–H groups in total. The maximum atomic E-state index is 13.8. The van der Waals surface area contributed by atoms with Gasteiger partial charge in [-0.25, -0.2) is 4.98 Å². The van der Waals surface area contributed by atoms with Crippen molar-refractivity contribution in [3.05, 3.63) is 59.4 Å². The molecule has 3 aromatic rings. The smallest absolute Gasteiger partial charge is 0.296 e. The molecule has 1 fully saturated rings. The topological polar surface area (TPSA) is 78.0 Å². The van der Waals surface area contributed by atoms with Crippen molar-refractivity contribution in [2.75, 3.05) is 18.6 Å². The molecular weight excluding hydrogens is 464 g/mol. The minimum absolute atomic E-state index is 0.0356. The maximum Gasteiger partial charge on any atom is 0.296 e. The number of ether oxygens (including phenoxy) is 3. The second-order valence-corrected chi connectivity index (χ2v) is 10.1. The van der Waals surface area contributed by atoms with Crippen molar-refractivity contribution < 1.29 is 23.8 Å². The molecule has 180 valence electrons. The number of fused-ring (bicyclic) bond motifs is 2. The zero-order valence-corrected chi connectivity index (χ0v) is 20.5. The Labute approximate surface area is 207 Å². The summed E-state index contributed by atoms with van der Waals surface area (Å²) in [6.07, 6.45) is 3.39. The minimum Gasteiger partial charge on any atom is -0.497 e. The Morgan fingerprint density at radius 3 is 2.63 bits per heavy atom. The van der Waals surface area contributed by atoms with Gasteiger partial charge in [-0.15, -0.1) is 0 Å². The first-order valence-electron chi connectivity index (χ1n) is 12.0. The molecule has 0 spiro atoms. The van der Waals surface area contributed by atoms with Gasteiger partial charge in [0.2, 0.25) is 0 Å². The summed E-state index contributed by atoms with van der Waals surface area (Å²) in [7, 11) is 1.62. The van der Waals surface area contributed by atoms with Crippen LogP contribution in [0.4, 0.5) is 5.13 Å². The predicted octanol–water partition coefficient (Wildman–Crippen LogP) is 5.20. The number of anilines is 1. The van der Waals surface area contributed by atoms with E-state index in [0.717, 1.165) is 53.0 Å². The summed E-state index contributed by atoms with van der Waals surface area (Å²) < 4.78 is 18.1. The molecule has 1 aromatic heterocycles. The van der Waals surface area contributed by atoms with Crippen LogP contribution in [0.25, 0.3) is 10.2 Å². The third-order valence-electron chi connectivity index (χ3n) is 7.06. The van der Waals surface area contributed by atoms with Crippen LogP contribution in [0, 0.1) is 5.92 Å². The van der Waals surface area contributed by atoms with E-state index in [1.807, 2.05) is 49.4 Å². The first-order valence-corrected chi connectivity index (χ1v) is 12.9. The van der Waals surface area contributed by atoms with E-state index in [1.54, 1.807) is 12.0 Å². The van der Waals surface area contributed by atoms with Crippen molar-refractivity contribution in [2.24, 2.45) is 5.92 Å². The summed E-state index contributed by atoms with van der Waals surface area (Å²) in [5.41, 5.74) is 2.06. The number of rotatable bonds is 5. The van der Waals surface area contributed by atoms with Gasteiger partial charge in [0, 0.05) is 0 Å². The average molecular weight is 491 g/mol. The number of benzene rings is 2. The Bertz CT molecular complexity index is 1350. The zero-order valence-electron chi connectivity index (χ0n) is 19.7. The molecule has 1 amide bonds. The van der Waals surface area contributed by atoms with Crippen LogP contribution < -0.4 is 14.4 Å². The molecule has 0 radical (unpaired) electrons. The zero-order chi connectivity index (χ0) is 24.1. The van der Waals surface area contributed by atoms with Gasteiger partial charge in [-0.05, 0) is 62.1 Å². The predicted molar refractivity (Wildman–Crippen MR) is 133 cm³/mol. The largest absolute Gasteiger partial charge is 0.497 e. The van der Waals surface area contributed by atoms with Crippen molar-refractivity contribution in [3.8, 4) is 11.5 Å². The van der Waals surface area contributed by atoms with Crippen molar-refractivity contribution in [2.45, 2.75) is 44.8 Å². The highest BCUT2D eigenvalue weighted by molar-refractivity contribution is 7.22. The number of Topliss-reactive ketones (excluding diaryl/α,β-unsaturated/α-hetero) is 1. The summed E-state index contributed by atoms with van der Waals surface area (Å²) in [4.78, 5) is 34.0. The van der Waals surface area contributed by atoms with Crippen LogP contribution in [0.2, 0.25) is 0 Å². The van der Waals surface area contributed by atoms with E-state index < -0.39 is 6.04 Å². The van der Waals surface area contributed by atoms with E-state index in [1.165, 1.54) is 11.3 Å². The SMILES string of the molecule is CCOc1ccc(C2C3=C(OC4CCCCC4C3=O)C(=O)N2c2nc3ccc(OC)cc3s2)cc1. The molecule has 35 heavy (non-hydrogen) atoms. The fourth-order valence-electron chi connectivity index (χ4n) is 5.39. The number of ketones is 1. The molecule has 0 bridgehead atoms. The fraction of sp³-hybridized carbons (Fsp3) is 0.370. The minimum atomic E-state index is -0.592. The van der Waals surface area contributed by atoms with Crippen molar-refractivity contribution in [1.82, 2.24) is 4.98 Å². The third kappa shape index (κ3) is 3.58. The Kier molecular flexibility index (Phi) is 5.48. The lowest BCUT2D eigenvalue weighted by Crippen LogP contribution is -2.39. The van der Waals surface area contributed by atoms with Gasteiger partial charge in [0.1, 0.15) is 17.6 Å². The van der Waals surface area contributed by atoms with E-state index in [4.69, 9.17) is 19.2 Å². The molecule has 3 aliphatic rings. The van der Waals surface area contributed by atoms with Crippen LogP contribution in [-0.4, -0.2) is 36.5 Å². The molecule has 1 aliphatic carbocycles. The van der Waals surface area contributed by atoms with Gasteiger partial charge in [-0.3, -0.25) is 14.5 Å². The summed E-state index contributed by atoms with van der Waals surface area (Å²) in [6.45, 7) is 2.50. The van der Waals surface area contributed by atoms with E-state index in [0.29, 0.717) is 17.3 Å². The van der Waals surface area contributed by atoms with Gasteiger partial charge in [-0.1, -0.05) is 29.9 Å². The van der Waals surface area contributed by atoms with Crippen LogP contribution in [0.1, 0.15) is 44.2 Å². The molecule has 3 atom stereocenters. The number of amides is 1. The van der Waals surface area contributed by atoms with Crippen LogP contribution in [0.3, 0.4) is 0 Å². The molecule has 8 heteroatoms. The Morgan fingerprint density at radius 1 is 1.09 bits per heavy atom. The number of nitrogens with zero attached hydrogens (tertiary/aromatic N) is 2. The quantitative estimate of drug-likeness (QED) is 0.489. The molecule has 0 saturated heterocycles. The van der Waals surface area contributed by atoms with Crippen molar-refractivity contribution >= 4 is 38.4 Å². The number of hydrogen-bond acceptors (Lipinski definition) is 7. The second-order valence-electron chi connectivity index (χ2n) is 9.06. The van der Waals surface area contributed by atoms with Gasteiger partial charge >= 0.3 is 0 Å². The molecule has 3 unspecified atom stereocenters. The number of aromatic nitrogens is 1. The van der Waals surface area contributed by atoms with Crippen LogP contribution in [-0.2, 0) is 14.3 Å². The standard InChI is InChI=1S/C27H26N2O5S/c1-3-33-16-10-8-15(9-11-16)23-22-24(30)18-6-4-5-7-20(18)34-25(22)26(31)29(23)27-28-19-13-12-17(32-2)14-21(19)35-27/h8-14,18,20,23H,3-7H2,1-2H3. The van der Waals surface area contributed by atoms with Crippen molar-refractivity contribution in [1.29, 1.82) is 0 Å². The molecule has 1 saturated carbocycles. The van der Waals surface area contributed by atoms with Gasteiger partial charge < -0.3 is 14.2 Å². The lowest BCUT2D eigenvalue weighted by Gasteiger charge is -2.35. The fourth-order valence-corrected chi connectivity index (χ4v) is 6.41. The summed E-state index contributed by atoms with van der Waals surface area (Å²) >= 11 is 1.41. The normalized spacial score (nSPS) is 23.8. The first kappa shape index (κ1) is 22.1. The van der Waals surface area contributed by atoms with E-state index >= 15 is 0 Å². The van der Waals surface area contributed by atoms with E-state index in [9.17, 15) is 9.59 Å². The Morgan fingerprint density at radius 2 is 1.86 bits per heavy atom. The highest BCUT2D eigenvalue weighted by Crippen LogP contribution is 2.49. The Balaban J connectivity index is 1.47. The number of hydrogen-bond donors (Lipinski definition) is 0. The molecular formula is C27H26N2O5S. The number of carbonyl (C=O) groups excluding carboxylic acids is 2. The highest BCUT2D eigenvalue weighted by atomic mass is 32.1. The van der Waals surface area contributed by atoms with Gasteiger partial charge in [0.25, 0.3) is 5.91 Å². The van der Waals surface area contributed by atoms with Gasteiger partial charge in [0.15, 0.2) is 16.7 Å². The molecule has 2 aromatic carbocycles. The van der Waals surface area contributed by atoms with E-state index in [2.05, 4.69) is 0 Å². The summed E-state index contributed by atoms with van der Waals surface area (Å²) in [6, 6.07) is 12.6. The molecule has 2 aliphatic heterocycles. The van der Waals surface area contributed by atoms with Crippen LogP contribution in [0.5, 0.6) is 11.5 Å². The molecule has 6 rings (SSSR count). The van der Waals surface area contributed by atoms with Crippen LogP contribution in [0.15, 0.2) is 53.8 Å². The highest BCUT2D eigenvalue weighted by Gasteiger charge is 2.53. The third-order valence-corrected chi connectivity index (χ3v) is 8.08. The van der Waals surface area contributed by atoms with Gasteiger partial charge in [-0.2, -0.15) is 0 Å². The molecule has 7 nitrogen and oxygen atoms in total. The maximum absolute atomic E-state index is 13.8. The summed E-state index contributed by atoms with van der Waals surface area (Å²) in [5, 5.41) is 0.533. The Hall–Kier alpha value is -3.39. The lowest BCUT2D eigenvalue weighted by molar-refractivity contribution is -0.131. The number of thiazole rings is 1. The van der Waals surface area contributed by atoms with E-state index in [-0.39, 0.29) is 29.5 Å². The molecule has 3 heterocycles.